The van der Waals surface area contributed by atoms with Gasteiger partial charge in [-0.05, 0) is 49.3 Å². The van der Waals surface area contributed by atoms with Crippen LogP contribution in [0.3, 0.4) is 0 Å². The van der Waals surface area contributed by atoms with Gasteiger partial charge in [-0.3, -0.25) is 18.9 Å². The number of anilines is 1. The molecule has 2 unspecified atom stereocenters. The predicted octanol–water partition coefficient (Wildman–Crippen LogP) is 0.370. The molecule has 0 aliphatic heterocycles. The highest BCUT2D eigenvalue weighted by atomic mass is 35.5. The summed E-state index contributed by atoms with van der Waals surface area (Å²) in [7, 11) is -4.36. The minimum Gasteiger partial charge on any atom is -0.387 e. The van der Waals surface area contributed by atoms with Crippen LogP contribution in [-0.2, 0) is 19.7 Å². The summed E-state index contributed by atoms with van der Waals surface area (Å²) in [4.78, 5) is 29.7. The van der Waals surface area contributed by atoms with Crippen molar-refractivity contribution in [1.29, 1.82) is 0 Å². The molecule has 31 heavy (non-hydrogen) atoms. The average molecular weight is 475 g/mol. The van der Waals surface area contributed by atoms with Crippen LogP contribution in [0.1, 0.15) is 18.7 Å². The Morgan fingerprint density at radius 2 is 1.90 bits per heavy atom. The van der Waals surface area contributed by atoms with Crippen molar-refractivity contribution < 1.29 is 22.4 Å². The second-order valence-corrected chi connectivity index (χ2v) is 8.48. The zero-order valence-electron chi connectivity index (χ0n) is 16.4. The number of amides is 1. The molecule has 0 aliphatic carbocycles. The monoisotopic (exact) mass is 474 g/mol. The lowest BCUT2D eigenvalue weighted by molar-refractivity contribution is -0.125. The number of aromatic nitrogens is 1. The number of oxime groups is 1. The van der Waals surface area contributed by atoms with Crippen LogP contribution in [0.2, 0.25) is 5.02 Å². The van der Waals surface area contributed by atoms with Gasteiger partial charge in [0.2, 0.25) is 11.9 Å². The molecule has 2 rings (SSSR count). The summed E-state index contributed by atoms with van der Waals surface area (Å²) in [5, 5.41) is 2.96. The van der Waals surface area contributed by atoms with Gasteiger partial charge in [-0.2, -0.15) is 0 Å². The number of primary amides is 1. The molecule has 1 aromatic heterocycles. The number of hydrogen-bond donors (Lipinski definition) is 4. The summed E-state index contributed by atoms with van der Waals surface area (Å²) in [5.41, 5.74) is 14.8. The van der Waals surface area contributed by atoms with E-state index < -0.39 is 56.0 Å². The van der Waals surface area contributed by atoms with Gasteiger partial charge in [-0.25, -0.2) is 12.8 Å². The van der Waals surface area contributed by atoms with Crippen LogP contribution in [-0.4, -0.2) is 31.0 Å². The van der Waals surface area contributed by atoms with Gasteiger partial charge in [0, 0.05) is 5.69 Å². The van der Waals surface area contributed by atoms with Crippen molar-refractivity contribution in [3.8, 4) is 0 Å². The zero-order valence-corrected chi connectivity index (χ0v) is 17.9. The fraction of sp³-hybridized carbons (Fsp3) is 0.235. The minimum absolute atomic E-state index is 0.275. The Morgan fingerprint density at radius 1 is 1.26 bits per heavy atom. The first-order chi connectivity index (χ1) is 14.3. The number of nitrogens with two attached hydrogens (primary N) is 3. The van der Waals surface area contributed by atoms with E-state index in [1.165, 1.54) is 26.0 Å². The maximum Gasteiger partial charge on any atom is 0.275 e. The third-order valence-electron chi connectivity index (χ3n) is 4.09. The van der Waals surface area contributed by atoms with Gasteiger partial charge in [0.05, 0.1) is 5.02 Å². The Bertz CT molecular complexity index is 1200. The van der Waals surface area contributed by atoms with Crippen molar-refractivity contribution in [3.05, 3.63) is 57.2 Å². The fourth-order valence-electron chi connectivity index (χ4n) is 2.73. The molecule has 0 saturated heterocycles. The number of rotatable bonds is 8. The highest BCUT2D eigenvalue weighted by molar-refractivity contribution is 7.92. The van der Waals surface area contributed by atoms with Crippen molar-refractivity contribution >= 4 is 39.2 Å². The van der Waals surface area contributed by atoms with Crippen molar-refractivity contribution in [2.75, 3.05) is 4.72 Å². The number of hydrogen-bond acceptors (Lipinski definition) is 6. The van der Waals surface area contributed by atoms with Gasteiger partial charge in [0.1, 0.15) is 16.4 Å². The van der Waals surface area contributed by atoms with E-state index in [2.05, 4.69) is 9.88 Å². The van der Waals surface area contributed by atoms with Crippen molar-refractivity contribution in [3.63, 3.8) is 0 Å². The van der Waals surface area contributed by atoms with E-state index in [9.17, 15) is 22.4 Å². The van der Waals surface area contributed by atoms with Crippen LogP contribution in [0.15, 0.2) is 45.2 Å². The van der Waals surface area contributed by atoms with E-state index >= 15 is 0 Å². The predicted molar refractivity (Wildman–Crippen MR) is 112 cm³/mol. The molecule has 0 aliphatic rings. The summed E-state index contributed by atoms with van der Waals surface area (Å²) in [6.45, 7) is 2.89. The number of pyridine rings is 1. The topological polar surface area (TPSA) is 185 Å². The van der Waals surface area contributed by atoms with E-state index in [1.807, 2.05) is 0 Å². The lowest BCUT2D eigenvalue weighted by Crippen LogP contribution is -2.42. The van der Waals surface area contributed by atoms with E-state index in [4.69, 9.17) is 33.6 Å². The van der Waals surface area contributed by atoms with Gasteiger partial charge < -0.3 is 22.0 Å². The maximum absolute atomic E-state index is 13.2. The maximum atomic E-state index is 13.2. The molecule has 0 radical (unpaired) electrons. The van der Waals surface area contributed by atoms with Crippen LogP contribution in [0, 0.1) is 12.7 Å². The lowest BCUT2D eigenvalue weighted by Gasteiger charge is -2.24. The summed E-state index contributed by atoms with van der Waals surface area (Å²) >= 11 is 5.82. The third kappa shape index (κ3) is 5.44. The number of sulfonamides is 1. The first-order valence-electron chi connectivity index (χ1n) is 8.59. The minimum atomic E-state index is -4.36. The Hall–Kier alpha value is -3.32. The quantitative estimate of drug-likeness (QED) is 0.241. The first kappa shape index (κ1) is 24.0. The van der Waals surface area contributed by atoms with Gasteiger partial charge in [-0.1, -0.05) is 11.6 Å². The summed E-state index contributed by atoms with van der Waals surface area (Å²) < 4.78 is 41.6. The molecule has 2 atom stereocenters. The van der Waals surface area contributed by atoms with Crippen LogP contribution in [0.25, 0.3) is 0 Å². The molecule has 1 amide bonds. The summed E-state index contributed by atoms with van der Waals surface area (Å²) in [5.74, 6) is -2.11. The second-order valence-electron chi connectivity index (χ2n) is 6.42. The number of benzene rings is 1. The molecule has 11 nitrogen and oxygen atoms in total. The Kier molecular flexibility index (Phi) is 7.13. The van der Waals surface area contributed by atoms with Gasteiger partial charge in [0.25, 0.3) is 15.6 Å². The largest absolute Gasteiger partial charge is 0.387 e. The van der Waals surface area contributed by atoms with Crippen LogP contribution in [0.5, 0.6) is 0 Å². The number of carbonyl (C=O) groups excluding carboxylic acids is 1. The number of guanidine groups is 1. The molecule has 1 aromatic carbocycles. The first-order valence-corrected chi connectivity index (χ1v) is 10.5. The van der Waals surface area contributed by atoms with Crippen molar-refractivity contribution in [2.24, 2.45) is 22.4 Å². The molecule has 168 valence electrons. The summed E-state index contributed by atoms with van der Waals surface area (Å²) in [6.07, 6.45) is -1.09. The number of halogens is 2. The van der Waals surface area contributed by atoms with Gasteiger partial charge in [-0.15, -0.1) is 0 Å². The Labute approximate surface area is 181 Å². The van der Waals surface area contributed by atoms with E-state index in [1.54, 1.807) is 0 Å². The van der Waals surface area contributed by atoms with Crippen LogP contribution < -0.4 is 27.5 Å². The normalized spacial score (nSPS) is 13.2. The van der Waals surface area contributed by atoms with Gasteiger partial charge in [0.15, 0.2) is 12.1 Å². The number of nitrogens with zero attached hydrogens (tertiary/aromatic N) is 2. The molecule has 7 N–H and O–H groups in total. The molecule has 0 spiro atoms. The molecular weight excluding hydrogens is 455 g/mol. The molecule has 0 bridgehead atoms. The van der Waals surface area contributed by atoms with E-state index in [0.29, 0.717) is 0 Å². The molecular formula is C17H20ClFN6O5S. The third-order valence-corrected chi connectivity index (χ3v) is 5.94. The lowest BCUT2D eigenvalue weighted by atomic mass is 10.1. The molecule has 0 fully saturated rings. The summed E-state index contributed by atoms with van der Waals surface area (Å²) in [6, 6.07) is 3.87. The second kappa shape index (κ2) is 9.22. The van der Waals surface area contributed by atoms with Crippen molar-refractivity contribution in [2.45, 2.75) is 30.9 Å². The fourth-order valence-corrected chi connectivity index (χ4v) is 4.32. The number of aryl methyl sites for hydroxylation is 1. The van der Waals surface area contributed by atoms with Crippen LogP contribution in [0.4, 0.5) is 10.1 Å². The van der Waals surface area contributed by atoms with E-state index in [0.717, 1.165) is 22.8 Å². The zero-order chi connectivity index (χ0) is 23.5. The SMILES string of the molecule is Cc1ccc(NS(=O)(=O)c2ccc(F)cc2Cl)c(=O)n1C(C(N)=O)C(C)ON=C(N)N. The molecule has 1 heterocycles. The Morgan fingerprint density at radius 3 is 2.45 bits per heavy atom. The van der Waals surface area contributed by atoms with Crippen molar-refractivity contribution in [1.82, 2.24) is 4.57 Å². The molecule has 0 saturated carbocycles. The molecule has 14 heteroatoms. The Balaban J connectivity index is 2.53. The standard InChI is InChI=1S/C17H20ClFN6O5S/c1-8-3-5-12(24-31(28,29)13-6-4-10(19)7-11(13)18)16(27)25(8)14(15(20)26)9(2)30-23-17(21)22/h3-7,9,14,24H,1-2H3,(H2,20,26)(H4,21,22,23). The van der Waals surface area contributed by atoms with Crippen LogP contribution >= 0.6 is 11.6 Å². The highest BCUT2D eigenvalue weighted by Gasteiger charge is 2.30. The molecule has 2 aromatic rings. The highest BCUT2D eigenvalue weighted by Crippen LogP contribution is 2.24. The van der Waals surface area contributed by atoms with Gasteiger partial charge >= 0.3 is 0 Å². The average Bonchev–Trinajstić information content (AvgIpc) is 2.64. The van der Waals surface area contributed by atoms with E-state index in [-0.39, 0.29) is 10.7 Å². The number of carbonyl (C=O) groups is 1. The smallest absolute Gasteiger partial charge is 0.275 e. The number of nitrogens with one attached hydrogen (secondary N) is 1.